The standard InChI is InChI=1S/C19H20N2O2/c22-18-11-20-9-15(18)10-21-19(23)13-5-6-17-14(8-13)7-12-3-1-2-4-16(12)17/h1-6,8,15,18,20,22H,7,9-11H2,(H,21,23). The first-order valence-electron chi connectivity index (χ1n) is 8.10. The molecule has 2 aromatic carbocycles. The molecule has 1 aliphatic heterocycles. The van der Waals surface area contributed by atoms with Crippen molar-refractivity contribution >= 4 is 5.91 Å². The highest BCUT2D eigenvalue weighted by molar-refractivity contribution is 5.95. The van der Waals surface area contributed by atoms with Crippen molar-refractivity contribution in [2.24, 2.45) is 5.92 Å². The minimum absolute atomic E-state index is 0.0668. The van der Waals surface area contributed by atoms with Gasteiger partial charge < -0.3 is 15.7 Å². The SMILES string of the molecule is O=C(NCC1CNCC1O)c1ccc2c(c1)Cc1ccccc1-2. The first kappa shape index (κ1) is 14.4. The van der Waals surface area contributed by atoms with Crippen molar-refractivity contribution in [2.75, 3.05) is 19.6 Å². The zero-order valence-corrected chi connectivity index (χ0v) is 12.9. The third-order valence-electron chi connectivity index (χ3n) is 4.88. The summed E-state index contributed by atoms with van der Waals surface area (Å²) >= 11 is 0. The molecule has 1 fully saturated rings. The first-order chi connectivity index (χ1) is 11.2. The van der Waals surface area contributed by atoms with Gasteiger partial charge >= 0.3 is 0 Å². The average molecular weight is 308 g/mol. The van der Waals surface area contributed by atoms with E-state index in [1.54, 1.807) is 0 Å². The molecule has 1 saturated heterocycles. The van der Waals surface area contributed by atoms with Crippen LogP contribution in [0.2, 0.25) is 0 Å². The second-order valence-electron chi connectivity index (χ2n) is 6.40. The Labute approximate surface area is 135 Å². The molecule has 3 N–H and O–H groups in total. The molecule has 4 heteroatoms. The molecule has 0 aromatic heterocycles. The molecule has 4 nitrogen and oxygen atoms in total. The summed E-state index contributed by atoms with van der Waals surface area (Å²) in [5.74, 6) is 0.0282. The number of aliphatic hydroxyl groups is 1. The normalized spacial score (nSPS) is 21.8. The molecule has 2 unspecified atom stereocenters. The highest BCUT2D eigenvalue weighted by Crippen LogP contribution is 2.36. The summed E-state index contributed by atoms with van der Waals surface area (Å²) in [6, 6.07) is 14.3. The third kappa shape index (κ3) is 2.64. The topological polar surface area (TPSA) is 61.4 Å². The van der Waals surface area contributed by atoms with Gasteiger partial charge in [-0.05, 0) is 40.8 Å². The van der Waals surface area contributed by atoms with Gasteiger partial charge in [-0.25, -0.2) is 0 Å². The summed E-state index contributed by atoms with van der Waals surface area (Å²) in [5.41, 5.74) is 5.72. The molecular formula is C19H20N2O2. The average Bonchev–Trinajstić information content (AvgIpc) is 3.15. The van der Waals surface area contributed by atoms with Crippen LogP contribution in [0.25, 0.3) is 11.1 Å². The van der Waals surface area contributed by atoms with Crippen LogP contribution in [0, 0.1) is 5.92 Å². The summed E-state index contributed by atoms with van der Waals surface area (Å²) in [5, 5.41) is 15.9. The lowest BCUT2D eigenvalue weighted by Crippen LogP contribution is -2.34. The third-order valence-corrected chi connectivity index (χ3v) is 4.88. The van der Waals surface area contributed by atoms with E-state index in [-0.39, 0.29) is 17.9 Å². The van der Waals surface area contributed by atoms with E-state index in [0.717, 1.165) is 13.0 Å². The fraction of sp³-hybridized carbons (Fsp3) is 0.316. The Morgan fingerprint density at radius 3 is 2.78 bits per heavy atom. The van der Waals surface area contributed by atoms with Crippen LogP contribution in [0.3, 0.4) is 0 Å². The molecule has 0 saturated carbocycles. The maximum Gasteiger partial charge on any atom is 0.251 e. The number of rotatable bonds is 3. The van der Waals surface area contributed by atoms with Crippen LogP contribution in [-0.2, 0) is 6.42 Å². The van der Waals surface area contributed by atoms with Crippen molar-refractivity contribution in [3.63, 3.8) is 0 Å². The van der Waals surface area contributed by atoms with Gasteiger partial charge in [0, 0.05) is 31.1 Å². The second kappa shape index (κ2) is 5.80. The lowest BCUT2D eigenvalue weighted by Gasteiger charge is -2.14. The van der Waals surface area contributed by atoms with Gasteiger partial charge in [-0.2, -0.15) is 0 Å². The van der Waals surface area contributed by atoms with Gasteiger partial charge in [-0.15, -0.1) is 0 Å². The monoisotopic (exact) mass is 308 g/mol. The van der Waals surface area contributed by atoms with Gasteiger partial charge in [0.1, 0.15) is 0 Å². The molecular weight excluding hydrogens is 288 g/mol. The Morgan fingerprint density at radius 1 is 1.13 bits per heavy atom. The van der Waals surface area contributed by atoms with Gasteiger partial charge in [0.25, 0.3) is 5.91 Å². The van der Waals surface area contributed by atoms with Gasteiger partial charge in [-0.1, -0.05) is 30.3 Å². The van der Waals surface area contributed by atoms with Crippen LogP contribution in [0.1, 0.15) is 21.5 Å². The fourth-order valence-corrected chi connectivity index (χ4v) is 3.54. The molecule has 1 amide bonds. The van der Waals surface area contributed by atoms with Gasteiger partial charge in [0.2, 0.25) is 0 Å². The number of amides is 1. The summed E-state index contributed by atoms with van der Waals surface area (Å²) in [6.45, 7) is 1.86. The van der Waals surface area contributed by atoms with E-state index in [4.69, 9.17) is 0 Å². The van der Waals surface area contributed by atoms with E-state index in [0.29, 0.717) is 18.7 Å². The summed E-state index contributed by atoms with van der Waals surface area (Å²) in [7, 11) is 0. The van der Waals surface area contributed by atoms with Crippen LogP contribution in [0.5, 0.6) is 0 Å². The largest absolute Gasteiger partial charge is 0.391 e. The number of carbonyl (C=O) groups is 1. The Bertz CT molecular complexity index is 757. The van der Waals surface area contributed by atoms with Crippen LogP contribution in [0.4, 0.5) is 0 Å². The molecule has 2 aliphatic rings. The molecule has 4 rings (SSSR count). The van der Waals surface area contributed by atoms with E-state index >= 15 is 0 Å². The Morgan fingerprint density at radius 2 is 1.96 bits per heavy atom. The maximum atomic E-state index is 12.4. The molecule has 2 atom stereocenters. The number of nitrogens with one attached hydrogen (secondary N) is 2. The highest BCUT2D eigenvalue weighted by Gasteiger charge is 2.25. The minimum atomic E-state index is -0.371. The molecule has 23 heavy (non-hydrogen) atoms. The maximum absolute atomic E-state index is 12.4. The van der Waals surface area contributed by atoms with Crippen LogP contribution in [-0.4, -0.2) is 36.8 Å². The van der Waals surface area contributed by atoms with Crippen molar-refractivity contribution in [1.82, 2.24) is 10.6 Å². The molecule has 2 aromatic rings. The smallest absolute Gasteiger partial charge is 0.251 e. The van der Waals surface area contributed by atoms with Gasteiger partial charge in [0.05, 0.1) is 6.10 Å². The Hall–Kier alpha value is -2.17. The number of benzene rings is 2. The molecule has 1 aliphatic carbocycles. The second-order valence-corrected chi connectivity index (χ2v) is 6.40. The summed E-state index contributed by atoms with van der Waals surface area (Å²) in [6.07, 6.45) is 0.516. The molecule has 118 valence electrons. The molecule has 0 bridgehead atoms. The van der Waals surface area contributed by atoms with E-state index in [1.165, 1.54) is 22.3 Å². The lowest BCUT2D eigenvalue weighted by atomic mass is 10.0. The number of hydrogen-bond donors (Lipinski definition) is 3. The number of fused-ring (bicyclic) bond motifs is 3. The van der Waals surface area contributed by atoms with Crippen LogP contribution >= 0.6 is 0 Å². The van der Waals surface area contributed by atoms with E-state index in [2.05, 4.69) is 34.9 Å². The van der Waals surface area contributed by atoms with Crippen molar-refractivity contribution in [1.29, 1.82) is 0 Å². The fourth-order valence-electron chi connectivity index (χ4n) is 3.54. The van der Waals surface area contributed by atoms with Crippen molar-refractivity contribution in [2.45, 2.75) is 12.5 Å². The van der Waals surface area contributed by atoms with Gasteiger partial charge in [0.15, 0.2) is 0 Å². The molecule has 0 spiro atoms. The van der Waals surface area contributed by atoms with Gasteiger partial charge in [-0.3, -0.25) is 4.79 Å². The van der Waals surface area contributed by atoms with Crippen LogP contribution in [0.15, 0.2) is 42.5 Å². The number of carbonyl (C=O) groups excluding carboxylic acids is 1. The number of hydrogen-bond acceptors (Lipinski definition) is 3. The zero-order chi connectivity index (χ0) is 15.8. The van der Waals surface area contributed by atoms with E-state index in [9.17, 15) is 9.90 Å². The first-order valence-corrected chi connectivity index (χ1v) is 8.10. The van der Waals surface area contributed by atoms with Crippen molar-refractivity contribution < 1.29 is 9.90 Å². The summed E-state index contributed by atoms with van der Waals surface area (Å²) < 4.78 is 0. The summed E-state index contributed by atoms with van der Waals surface area (Å²) in [4.78, 5) is 12.4. The predicted molar refractivity (Wildman–Crippen MR) is 89.4 cm³/mol. The lowest BCUT2D eigenvalue weighted by molar-refractivity contribution is 0.0927. The van der Waals surface area contributed by atoms with Crippen molar-refractivity contribution in [3.8, 4) is 11.1 Å². The quantitative estimate of drug-likeness (QED) is 0.688. The minimum Gasteiger partial charge on any atom is -0.391 e. The molecule has 1 heterocycles. The highest BCUT2D eigenvalue weighted by atomic mass is 16.3. The number of aliphatic hydroxyl groups excluding tert-OH is 1. The van der Waals surface area contributed by atoms with E-state index in [1.807, 2.05) is 18.2 Å². The van der Waals surface area contributed by atoms with E-state index < -0.39 is 0 Å². The zero-order valence-electron chi connectivity index (χ0n) is 12.9. The predicted octanol–water partition coefficient (Wildman–Crippen LogP) is 1.57. The Kier molecular flexibility index (Phi) is 3.63. The Balaban J connectivity index is 1.48. The number of β-amino-alcohol motifs (C(OH)–C–C–N with tert-alkyl or cyclic N) is 1. The molecule has 0 radical (unpaired) electrons. The van der Waals surface area contributed by atoms with Crippen LogP contribution < -0.4 is 10.6 Å². The van der Waals surface area contributed by atoms with Crippen molar-refractivity contribution in [3.05, 3.63) is 59.2 Å².